The zero-order chi connectivity index (χ0) is 20.3. The van der Waals surface area contributed by atoms with Crippen molar-refractivity contribution in [1.29, 1.82) is 0 Å². The minimum atomic E-state index is -0.389. The van der Waals surface area contributed by atoms with Crippen molar-refractivity contribution in [2.75, 3.05) is 17.5 Å². The Balaban J connectivity index is 1.88. The Morgan fingerprint density at radius 3 is 2.54 bits per heavy atom. The van der Waals surface area contributed by atoms with E-state index >= 15 is 0 Å². The van der Waals surface area contributed by atoms with Crippen LogP contribution in [0, 0.1) is 13.8 Å². The van der Waals surface area contributed by atoms with E-state index in [2.05, 4.69) is 10.9 Å². The maximum atomic E-state index is 12.1. The summed E-state index contributed by atoms with van der Waals surface area (Å²) in [4.78, 5) is 23.7. The molecule has 6 nitrogen and oxygen atoms in total. The number of hydrazine groups is 1. The van der Waals surface area contributed by atoms with E-state index in [1.807, 2.05) is 57.2 Å². The number of carbonyl (C=O) groups excluding carboxylic acids is 1. The van der Waals surface area contributed by atoms with Crippen molar-refractivity contribution in [3.8, 4) is 0 Å². The molecule has 3 aromatic rings. The van der Waals surface area contributed by atoms with Crippen LogP contribution in [-0.2, 0) is 9.53 Å². The van der Waals surface area contributed by atoms with E-state index < -0.39 is 0 Å². The predicted octanol–water partition coefficient (Wildman–Crippen LogP) is 4.52. The molecule has 0 fully saturated rings. The first-order valence-electron chi connectivity index (χ1n) is 9.23. The van der Waals surface area contributed by atoms with E-state index in [9.17, 15) is 9.59 Å². The van der Waals surface area contributed by atoms with Gasteiger partial charge in [-0.3, -0.25) is 4.79 Å². The van der Waals surface area contributed by atoms with Gasteiger partial charge in [0.05, 0.1) is 23.9 Å². The number of nitrogens with one attached hydrogen (secondary N) is 2. The largest absolute Gasteiger partial charge is 0.466 e. The van der Waals surface area contributed by atoms with Gasteiger partial charge in [-0.25, -0.2) is 4.79 Å². The first-order chi connectivity index (χ1) is 13.4. The first kappa shape index (κ1) is 19.5. The van der Waals surface area contributed by atoms with Gasteiger partial charge in [0, 0.05) is 11.5 Å². The molecular formula is C22H24N2O4. The third kappa shape index (κ3) is 4.01. The van der Waals surface area contributed by atoms with E-state index in [1.165, 1.54) is 6.07 Å². The summed E-state index contributed by atoms with van der Waals surface area (Å²) in [5.74, 6) is -0.649. The minimum absolute atomic E-state index is 0.260. The maximum Gasteiger partial charge on any atom is 0.336 e. The molecule has 1 heterocycles. The van der Waals surface area contributed by atoms with Gasteiger partial charge in [0.2, 0.25) is 0 Å². The zero-order valence-corrected chi connectivity index (χ0v) is 16.5. The third-order valence-corrected chi connectivity index (χ3v) is 4.70. The fourth-order valence-electron chi connectivity index (χ4n) is 3.12. The van der Waals surface area contributed by atoms with Gasteiger partial charge < -0.3 is 20.0 Å². The lowest BCUT2D eigenvalue weighted by atomic mass is 9.99. The standard InChI is InChI=1S/C22H24N2O4/c1-5-27-22(26)15(4)16-8-6-7-9-18(16)23-24-19-12-17-13(2)11-21(25)28-20(17)10-14(19)3/h6-12,15,23-24H,5H2,1-4H3. The number of aryl methyl sites for hydroxylation is 2. The van der Waals surface area contributed by atoms with Crippen LogP contribution < -0.4 is 16.5 Å². The Bertz CT molecular complexity index is 1070. The number of hydrogen-bond donors (Lipinski definition) is 2. The Morgan fingerprint density at radius 1 is 1.07 bits per heavy atom. The Morgan fingerprint density at radius 2 is 1.79 bits per heavy atom. The highest BCUT2D eigenvalue weighted by molar-refractivity contribution is 5.86. The molecule has 0 spiro atoms. The van der Waals surface area contributed by atoms with E-state index in [0.29, 0.717) is 12.2 Å². The van der Waals surface area contributed by atoms with E-state index in [0.717, 1.165) is 33.5 Å². The number of fused-ring (bicyclic) bond motifs is 1. The molecule has 28 heavy (non-hydrogen) atoms. The van der Waals surface area contributed by atoms with Crippen LogP contribution in [0.1, 0.15) is 36.5 Å². The molecule has 0 aliphatic carbocycles. The fourth-order valence-corrected chi connectivity index (χ4v) is 3.12. The second-order valence-electron chi connectivity index (χ2n) is 6.72. The topological polar surface area (TPSA) is 80.6 Å². The summed E-state index contributed by atoms with van der Waals surface area (Å²) in [6, 6.07) is 12.8. The van der Waals surface area contributed by atoms with Crippen LogP contribution in [0.3, 0.4) is 0 Å². The molecule has 0 saturated carbocycles. The lowest BCUT2D eigenvalue weighted by Gasteiger charge is -2.18. The summed E-state index contributed by atoms with van der Waals surface area (Å²) >= 11 is 0. The number of rotatable bonds is 6. The van der Waals surface area contributed by atoms with E-state index in [1.54, 1.807) is 6.92 Å². The average Bonchev–Trinajstić information content (AvgIpc) is 2.66. The third-order valence-electron chi connectivity index (χ3n) is 4.70. The van der Waals surface area contributed by atoms with Crippen molar-refractivity contribution in [2.45, 2.75) is 33.6 Å². The minimum Gasteiger partial charge on any atom is -0.466 e. The summed E-state index contributed by atoms with van der Waals surface area (Å²) < 4.78 is 10.4. The van der Waals surface area contributed by atoms with Gasteiger partial charge in [0.25, 0.3) is 0 Å². The molecule has 0 aliphatic rings. The highest BCUT2D eigenvalue weighted by Gasteiger charge is 2.19. The molecule has 2 N–H and O–H groups in total. The van der Waals surface area contributed by atoms with Crippen LogP contribution in [-0.4, -0.2) is 12.6 Å². The van der Waals surface area contributed by atoms with E-state index in [4.69, 9.17) is 9.15 Å². The molecule has 1 unspecified atom stereocenters. The Kier molecular flexibility index (Phi) is 5.68. The van der Waals surface area contributed by atoms with Gasteiger partial charge in [-0.1, -0.05) is 18.2 Å². The molecule has 0 aliphatic heterocycles. The molecule has 1 aromatic heterocycles. The average molecular weight is 380 g/mol. The zero-order valence-electron chi connectivity index (χ0n) is 16.5. The van der Waals surface area contributed by atoms with Gasteiger partial charge in [-0.2, -0.15) is 0 Å². The summed E-state index contributed by atoms with van der Waals surface area (Å²) in [5, 5.41) is 0.864. The van der Waals surface area contributed by atoms with Crippen molar-refractivity contribution in [3.05, 3.63) is 69.6 Å². The van der Waals surface area contributed by atoms with Crippen LogP contribution in [0.4, 0.5) is 11.4 Å². The second-order valence-corrected chi connectivity index (χ2v) is 6.72. The highest BCUT2D eigenvalue weighted by atomic mass is 16.5. The molecule has 0 bridgehead atoms. The SMILES string of the molecule is CCOC(=O)C(C)c1ccccc1NNc1cc2c(C)cc(=O)oc2cc1C. The lowest BCUT2D eigenvalue weighted by molar-refractivity contribution is -0.144. The molecule has 3 rings (SSSR count). The van der Waals surface area contributed by atoms with Gasteiger partial charge in [-0.15, -0.1) is 0 Å². The summed E-state index contributed by atoms with van der Waals surface area (Å²) in [6.45, 7) is 7.78. The number of hydrogen-bond acceptors (Lipinski definition) is 6. The molecule has 0 radical (unpaired) electrons. The molecule has 0 saturated heterocycles. The predicted molar refractivity (Wildman–Crippen MR) is 111 cm³/mol. The van der Waals surface area contributed by atoms with Gasteiger partial charge in [0.15, 0.2) is 0 Å². The lowest BCUT2D eigenvalue weighted by Crippen LogP contribution is -2.17. The van der Waals surface area contributed by atoms with Crippen LogP contribution in [0.2, 0.25) is 0 Å². The number of anilines is 2. The van der Waals surface area contributed by atoms with Crippen molar-refractivity contribution >= 4 is 28.3 Å². The number of carbonyl (C=O) groups is 1. The number of benzene rings is 2. The van der Waals surface area contributed by atoms with Crippen LogP contribution in [0.5, 0.6) is 0 Å². The monoisotopic (exact) mass is 380 g/mol. The Hall–Kier alpha value is -3.28. The van der Waals surface area contributed by atoms with E-state index in [-0.39, 0.29) is 17.5 Å². The van der Waals surface area contributed by atoms with Crippen LogP contribution in [0.15, 0.2) is 51.7 Å². The maximum absolute atomic E-state index is 12.1. The quantitative estimate of drug-likeness (QED) is 0.372. The van der Waals surface area contributed by atoms with Gasteiger partial charge >= 0.3 is 11.6 Å². The summed E-state index contributed by atoms with van der Waals surface area (Å²) in [7, 11) is 0. The van der Waals surface area contributed by atoms with Crippen LogP contribution >= 0.6 is 0 Å². The Labute approximate surface area is 163 Å². The number of esters is 1. The smallest absolute Gasteiger partial charge is 0.336 e. The summed E-state index contributed by atoms with van der Waals surface area (Å²) in [6.07, 6.45) is 0. The number of ether oxygens (including phenoxy) is 1. The van der Waals surface area contributed by atoms with Crippen molar-refractivity contribution in [1.82, 2.24) is 0 Å². The van der Waals surface area contributed by atoms with Gasteiger partial charge in [0.1, 0.15) is 5.58 Å². The summed E-state index contributed by atoms with van der Waals surface area (Å²) in [5.41, 5.74) is 10.9. The van der Waals surface area contributed by atoms with Crippen molar-refractivity contribution < 1.29 is 13.9 Å². The first-order valence-corrected chi connectivity index (χ1v) is 9.23. The molecular weight excluding hydrogens is 356 g/mol. The molecule has 2 aromatic carbocycles. The van der Waals surface area contributed by atoms with Crippen molar-refractivity contribution in [2.24, 2.45) is 0 Å². The highest BCUT2D eigenvalue weighted by Crippen LogP contribution is 2.28. The molecule has 0 amide bonds. The molecule has 146 valence electrons. The van der Waals surface area contributed by atoms with Crippen molar-refractivity contribution in [3.63, 3.8) is 0 Å². The second kappa shape index (κ2) is 8.17. The van der Waals surface area contributed by atoms with Crippen LogP contribution in [0.25, 0.3) is 11.0 Å². The molecule has 1 atom stereocenters. The molecule has 6 heteroatoms. The number of para-hydroxylation sites is 1. The normalized spacial score (nSPS) is 11.9. The fraction of sp³-hybridized carbons (Fsp3) is 0.273. The van der Waals surface area contributed by atoms with Gasteiger partial charge in [-0.05, 0) is 62.6 Å².